The fraction of sp³-hybridized carbons (Fsp3) is 0.971. The number of aryl methyl sites for hydroxylation is 1. The minimum absolute atomic E-state index is 0.282. The quantitative estimate of drug-likeness (QED) is 0.109. The van der Waals surface area contributed by atoms with Crippen LogP contribution in [0, 0.1) is 172 Å². The number of rotatable bonds is 23. The first-order valence-corrected chi connectivity index (χ1v) is 48.7. The zero-order valence-electron chi connectivity index (χ0n) is 85.6. The van der Waals surface area contributed by atoms with Gasteiger partial charge in [0.25, 0.3) is 0 Å². The van der Waals surface area contributed by atoms with Crippen molar-refractivity contribution in [3.63, 3.8) is 0 Å². The summed E-state index contributed by atoms with van der Waals surface area (Å²) < 4.78 is 65.9. The van der Waals surface area contributed by atoms with Gasteiger partial charge in [0, 0.05) is 25.7 Å². The van der Waals surface area contributed by atoms with Gasteiger partial charge < -0.3 is 9.26 Å². The van der Waals surface area contributed by atoms with Crippen molar-refractivity contribution in [2.75, 3.05) is 24.7 Å². The Kier molecular flexibility index (Phi) is 84.1. The summed E-state index contributed by atoms with van der Waals surface area (Å²) in [5.41, 5.74) is 2.06. The van der Waals surface area contributed by atoms with E-state index in [2.05, 4.69) is 324 Å². The average molecular weight is 1610 g/mol. The van der Waals surface area contributed by atoms with Crippen LogP contribution in [0.2, 0.25) is 0 Å². The highest BCUT2D eigenvalue weighted by molar-refractivity contribution is 7.91. The molecule has 0 N–H and O–H groups in total. The second-order valence-corrected chi connectivity index (χ2v) is 45.8. The summed E-state index contributed by atoms with van der Waals surface area (Å²) in [7, 11) is -2.64. The van der Waals surface area contributed by atoms with E-state index < -0.39 is 22.4 Å². The van der Waals surface area contributed by atoms with Crippen LogP contribution in [0.1, 0.15) is 447 Å². The van der Waals surface area contributed by atoms with Gasteiger partial charge >= 0.3 is 6.18 Å². The Morgan fingerprint density at radius 1 is 0.441 bits per heavy atom. The predicted molar refractivity (Wildman–Crippen MR) is 502 cm³/mol. The third-order valence-electron chi connectivity index (χ3n) is 23.1. The fourth-order valence-corrected chi connectivity index (χ4v) is 13.6. The zero-order chi connectivity index (χ0) is 89.8. The molecule has 1 aromatic rings. The standard InChI is InChI=1S/C9H20.C8H13NO.5C8H18.C7H14O2S.C7H14O.C7H14.C7H16.C6H12.C6H14.C5H9F3/c1-7(2)8(3)9(4,5)6;1-6(2)4-8-5-7(3)10-9-8;1-7(2)6-8(3,4)5;1-7(2)5-6-8(3)4;1-6(2)8(5)7(3)4;1-5-8(4)6-7(2)3;1-5-6-8(4)7(2)3;1-6(2)7-3-4-10(8,9)5-7;1-6(2)7-3-4-8-5-7;1-6(2)7-4-3-5-7;1-5-7(4)6(2)3;1-5(2)6-3-4-6;1-5(2)6(3)4;1-4(2)3-5(6,7)8/h7-8H,1-6H3;5-6H,4H2,1-3H3;7H,6H2,1-5H3;7-8H,5-6H2,1-4H3;6-8H,1-5H3;2*7-8H,5-6H2,1-4H3;6-7H,3-5H2,1-2H3;6-7H,3-5H2,1-2H3;6-7H,3-5H2,1-2H3;6-7H,5H2,1-4H3;5-6H,3-4H2,1-2H3;5-6H,1-4H3;4H,3H2,1-2H3/t;;;;;8-;;;7-;;;;;/m.....0..1...../s1. The maximum atomic E-state index is 11.3. The van der Waals surface area contributed by atoms with E-state index in [4.69, 9.17) is 9.26 Å². The van der Waals surface area contributed by atoms with E-state index in [0.717, 1.165) is 168 Å². The Bertz CT molecular complexity index is 2080. The Morgan fingerprint density at radius 3 is 0.946 bits per heavy atom. The summed E-state index contributed by atoms with van der Waals surface area (Å²) >= 11 is 0. The summed E-state index contributed by atoms with van der Waals surface area (Å²) in [4.78, 5) is 0. The molecule has 6 atom stereocenters. The number of aromatic nitrogens is 1. The van der Waals surface area contributed by atoms with Crippen LogP contribution in [-0.2, 0) is 21.0 Å². The Balaban J connectivity index is -0.000000144. The van der Waals surface area contributed by atoms with E-state index in [1.165, 1.54) is 89.9 Å². The van der Waals surface area contributed by atoms with Gasteiger partial charge in [0.2, 0.25) is 0 Å². The number of alkyl halides is 3. The fourth-order valence-electron chi connectivity index (χ4n) is 11.6. The molecule has 2 aliphatic carbocycles. The van der Waals surface area contributed by atoms with Crippen molar-refractivity contribution in [1.82, 2.24) is 5.16 Å². The van der Waals surface area contributed by atoms with Crippen LogP contribution in [0.15, 0.2) is 10.6 Å². The van der Waals surface area contributed by atoms with E-state index in [9.17, 15) is 21.6 Å². The lowest BCUT2D eigenvalue weighted by Crippen LogP contribution is -2.21. The molecule has 3 heterocycles. The number of nitrogens with zero attached hydrogens (tertiary/aromatic N) is 1. The molecule has 2 saturated carbocycles. The summed E-state index contributed by atoms with van der Waals surface area (Å²) in [6.07, 6.45) is 16.8. The molecule has 0 radical (unpaired) electrons. The molecule has 5 rings (SSSR count). The van der Waals surface area contributed by atoms with Gasteiger partial charge in [0.05, 0.1) is 17.2 Å². The molecule has 111 heavy (non-hydrogen) atoms. The Morgan fingerprint density at radius 2 is 0.847 bits per heavy atom. The summed E-state index contributed by atoms with van der Waals surface area (Å²) in [5, 5.41) is 3.88. The largest absolute Gasteiger partial charge is 0.389 e. The molecule has 2 saturated heterocycles. The molecule has 4 fully saturated rings. The second kappa shape index (κ2) is 72.9. The molecule has 4 unspecified atom stereocenters. The number of hydrogen-bond acceptors (Lipinski definition) is 5. The van der Waals surface area contributed by atoms with Gasteiger partial charge in [-0.2, -0.15) is 13.2 Å². The molecule has 4 aliphatic rings. The number of halogens is 3. The van der Waals surface area contributed by atoms with E-state index in [-0.39, 0.29) is 5.92 Å². The van der Waals surface area contributed by atoms with Crippen molar-refractivity contribution in [2.45, 2.75) is 455 Å². The first kappa shape index (κ1) is 128. The summed E-state index contributed by atoms with van der Waals surface area (Å²) in [6, 6.07) is 1.99. The third-order valence-corrected chi connectivity index (χ3v) is 24.9. The average Bonchev–Trinajstić information content (AvgIpc) is 1.73. The highest BCUT2D eigenvalue weighted by Crippen LogP contribution is 2.36. The van der Waals surface area contributed by atoms with Crippen LogP contribution in [-0.4, -0.2) is 44.5 Å². The highest BCUT2D eigenvalue weighted by atomic mass is 32.2. The van der Waals surface area contributed by atoms with Crippen molar-refractivity contribution in [3.05, 3.63) is 17.5 Å². The van der Waals surface area contributed by atoms with Crippen LogP contribution >= 0.6 is 0 Å². The van der Waals surface area contributed by atoms with Gasteiger partial charge in [-0.25, -0.2) is 8.42 Å². The van der Waals surface area contributed by atoms with Crippen LogP contribution in [0.25, 0.3) is 0 Å². The minimum Gasteiger partial charge on any atom is -0.381 e. The van der Waals surface area contributed by atoms with Crippen LogP contribution in [0.5, 0.6) is 0 Å². The number of sulfone groups is 1. The lowest BCUT2D eigenvalue weighted by molar-refractivity contribution is -0.141. The van der Waals surface area contributed by atoms with Crippen molar-refractivity contribution in [2.24, 2.45) is 165 Å². The second-order valence-electron chi connectivity index (χ2n) is 43.6. The molecule has 0 bridgehead atoms. The van der Waals surface area contributed by atoms with Crippen molar-refractivity contribution in [1.29, 1.82) is 0 Å². The molecule has 9 heteroatoms. The molecule has 0 spiro atoms. The minimum atomic E-state index is -3.98. The van der Waals surface area contributed by atoms with Gasteiger partial charge in [0.15, 0.2) is 9.84 Å². The topological polar surface area (TPSA) is 69.4 Å². The highest BCUT2D eigenvalue weighted by Gasteiger charge is 2.30. The molecule has 2 aliphatic heterocycles. The molecular formula is C102H216F3NO4S. The number of hydrogen-bond donors (Lipinski definition) is 0. The van der Waals surface area contributed by atoms with Gasteiger partial charge in [-0.3, -0.25) is 0 Å². The monoisotopic (exact) mass is 1610 g/mol. The molecule has 680 valence electrons. The van der Waals surface area contributed by atoms with E-state index in [0.29, 0.717) is 40.1 Å². The molecule has 0 amide bonds. The lowest BCUT2D eigenvalue weighted by Gasteiger charge is -2.30. The summed E-state index contributed by atoms with van der Waals surface area (Å²) in [5.74, 6) is 22.7. The third kappa shape index (κ3) is 101. The predicted octanol–water partition coefficient (Wildman–Crippen LogP) is 35.6. The Labute approximate surface area is 703 Å². The van der Waals surface area contributed by atoms with E-state index in [1.807, 2.05) is 13.0 Å². The first-order valence-electron chi connectivity index (χ1n) is 46.9. The van der Waals surface area contributed by atoms with Crippen molar-refractivity contribution < 1.29 is 30.8 Å². The maximum absolute atomic E-state index is 11.3. The SMILES string of the molecule is CC(C)C(C)C.CC(C)C(C)C(C)(C)C.CC(C)C(C)C(C)C.CC(C)C1CC1.CC(C)C1CCC1.CC(C)C1CCS(=O)(=O)C1.CC(C)CC(C)(C)C.CC(C)CC(F)(F)F.CC(C)CCC(C)C.CC(C)[C@@H]1CCOC1.CCC(C)C(C)C.CCCC(C)C(C)C.CC[C@H](C)CC(C)C.Cc1cc(CC(C)C)no1. The normalized spacial score (nSPS) is 17.1. The molecule has 5 nitrogen and oxygen atoms in total. The van der Waals surface area contributed by atoms with E-state index >= 15 is 0 Å². The Hall–Kier alpha value is -1.09. The molecule has 0 aromatic carbocycles. The lowest BCUT2D eigenvalue weighted by atomic mass is 9.76. The smallest absolute Gasteiger partial charge is 0.381 e. The molecular weight excluding hydrogens is 1390 g/mol. The van der Waals surface area contributed by atoms with Crippen LogP contribution < -0.4 is 0 Å². The van der Waals surface area contributed by atoms with E-state index in [1.54, 1.807) is 13.8 Å². The summed E-state index contributed by atoms with van der Waals surface area (Å²) in [6.45, 7) is 111. The van der Waals surface area contributed by atoms with Gasteiger partial charge in [-0.1, -0.05) is 395 Å². The molecule has 1 aromatic heterocycles. The van der Waals surface area contributed by atoms with Gasteiger partial charge in [-0.15, -0.1) is 0 Å². The van der Waals surface area contributed by atoms with Crippen molar-refractivity contribution in [3.8, 4) is 0 Å². The van der Waals surface area contributed by atoms with Gasteiger partial charge in [0.1, 0.15) is 5.76 Å². The zero-order valence-corrected chi connectivity index (χ0v) is 86.4. The maximum Gasteiger partial charge on any atom is 0.389 e. The van der Waals surface area contributed by atoms with Gasteiger partial charge in [-0.05, 0) is 217 Å². The van der Waals surface area contributed by atoms with Crippen LogP contribution in [0.3, 0.4) is 0 Å². The first-order chi connectivity index (χ1) is 50.1. The van der Waals surface area contributed by atoms with Crippen molar-refractivity contribution >= 4 is 9.84 Å². The number of ether oxygens (including phenoxy) is 1. The van der Waals surface area contributed by atoms with Crippen LogP contribution in [0.4, 0.5) is 13.2 Å².